The van der Waals surface area contributed by atoms with Crippen molar-refractivity contribution in [1.82, 2.24) is 20.4 Å². The normalized spacial score (nSPS) is 20.7. The summed E-state index contributed by atoms with van der Waals surface area (Å²) in [5, 5.41) is 6.59. The second-order valence-electron chi connectivity index (χ2n) is 5.94. The molecule has 1 aromatic carbocycles. The number of hydrogen-bond donors (Lipinski definition) is 2. The SMILES string of the molecule is O=C1N/C(=C/c2ccc(Cl)cc2)C(=O)N1CCCN1CCNCC1. The average Bonchev–Trinajstić information content (AvgIpc) is 2.85. The summed E-state index contributed by atoms with van der Waals surface area (Å²) in [6, 6.07) is 6.77. The van der Waals surface area contributed by atoms with E-state index in [1.54, 1.807) is 18.2 Å². The summed E-state index contributed by atoms with van der Waals surface area (Å²) in [6.07, 6.45) is 2.46. The Bertz CT molecular complexity index is 638. The van der Waals surface area contributed by atoms with Crippen molar-refractivity contribution >= 4 is 29.6 Å². The average molecular weight is 349 g/mol. The molecule has 0 unspecified atom stereocenters. The maximum absolute atomic E-state index is 12.4. The molecule has 0 atom stereocenters. The van der Waals surface area contributed by atoms with Gasteiger partial charge in [-0.15, -0.1) is 0 Å². The lowest BCUT2D eigenvalue weighted by atomic mass is 10.2. The monoisotopic (exact) mass is 348 g/mol. The number of carbonyl (C=O) groups is 2. The van der Waals surface area contributed by atoms with E-state index in [1.807, 2.05) is 12.1 Å². The second kappa shape index (κ2) is 7.79. The molecule has 6 nitrogen and oxygen atoms in total. The number of amides is 3. The molecule has 0 aliphatic carbocycles. The summed E-state index contributed by atoms with van der Waals surface area (Å²) in [7, 11) is 0. The molecule has 0 saturated carbocycles. The number of imide groups is 1. The number of hydrogen-bond acceptors (Lipinski definition) is 4. The predicted molar refractivity (Wildman–Crippen MR) is 93.6 cm³/mol. The summed E-state index contributed by atoms with van der Waals surface area (Å²) in [5.74, 6) is -0.268. The minimum absolute atomic E-state index is 0.268. The van der Waals surface area contributed by atoms with Gasteiger partial charge in [0, 0.05) is 37.7 Å². The Balaban J connectivity index is 1.56. The van der Waals surface area contributed by atoms with Crippen LogP contribution in [0.25, 0.3) is 6.08 Å². The van der Waals surface area contributed by atoms with Crippen molar-refractivity contribution in [3.05, 3.63) is 40.5 Å². The molecule has 3 rings (SSSR count). The van der Waals surface area contributed by atoms with Crippen LogP contribution in [0.3, 0.4) is 0 Å². The van der Waals surface area contributed by atoms with Gasteiger partial charge in [0.25, 0.3) is 5.91 Å². The van der Waals surface area contributed by atoms with E-state index in [0.717, 1.165) is 44.7 Å². The van der Waals surface area contributed by atoms with Gasteiger partial charge in [0.2, 0.25) is 0 Å². The van der Waals surface area contributed by atoms with E-state index in [4.69, 9.17) is 11.6 Å². The Kier molecular flexibility index (Phi) is 5.50. The van der Waals surface area contributed by atoms with Gasteiger partial charge in [0.05, 0.1) is 0 Å². The first-order valence-electron chi connectivity index (χ1n) is 8.17. The van der Waals surface area contributed by atoms with Crippen molar-refractivity contribution in [2.45, 2.75) is 6.42 Å². The summed E-state index contributed by atoms with van der Waals surface area (Å²) in [6.45, 7) is 5.36. The highest BCUT2D eigenvalue weighted by atomic mass is 35.5. The Morgan fingerprint density at radius 2 is 1.79 bits per heavy atom. The van der Waals surface area contributed by atoms with Crippen LogP contribution < -0.4 is 10.6 Å². The minimum atomic E-state index is -0.347. The zero-order valence-electron chi connectivity index (χ0n) is 13.4. The number of halogens is 1. The third kappa shape index (κ3) is 4.14. The standard InChI is InChI=1S/C17H21ClN4O2/c18-14-4-2-13(3-5-14)12-15-16(23)22(17(24)20-15)9-1-8-21-10-6-19-7-11-21/h2-5,12,19H,1,6-11H2,(H,20,24)/b15-12+. The molecule has 0 spiro atoms. The van der Waals surface area contributed by atoms with Gasteiger partial charge in [0.15, 0.2) is 0 Å². The molecule has 2 aliphatic heterocycles. The Hall–Kier alpha value is -1.89. The van der Waals surface area contributed by atoms with E-state index < -0.39 is 0 Å². The van der Waals surface area contributed by atoms with Gasteiger partial charge in [-0.2, -0.15) is 0 Å². The van der Waals surface area contributed by atoms with Crippen LogP contribution in [0.4, 0.5) is 4.79 Å². The zero-order valence-corrected chi connectivity index (χ0v) is 14.2. The van der Waals surface area contributed by atoms with Crippen LogP contribution in [0.2, 0.25) is 5.02 Å². The third-order valence-corrected chi connectivity index (χ3v) is 4.46. The van der Waals surface area contributed by atoms with Crippen LogP contribution in [-0.2, 0) is 4.79 Å². The molecule has 2 N–H and O–H groups in total. The fraction of sp³-hybridized carbons (Fsp3) is 0.412. The van der Waals surface area contributed by atoms with Crippen molar-refractivity contribution in [3.8, 4) is 0 Å². The molecule has 128 valence electrons. The molecule has 7 heteroatoms. The van der Waals surface area contributed by atoms with Gasteiger partial charge in [-0.05, 0) is 36.7 Å². The molecule has 0 aromatic heterocycles. The summed E-state index contributed by atoms with van der Waals surface area (Å²) >= 11 is 5.85. The first kappa shape index (κ1) is 17.0. The van der Waals surface area contributed by atoms with Crippen molar-refractivity contribution in [2.24, 2.45) is 0 Å². The largest absolute Gasteiger partial charge is 0.329 e. The smallest absolute Gasteiger partial charge is 0.314 e. The number of rotatable bonds is 5. The minimum Gasteiger partial charge on any atom is -0.314 e. The first-order chi connectivity index (χ1) is 11.6. The van der Waals surface area contributed by atoms with Gasteiger partial charge in [0.1, 0.15) is 5.70 Å². The summed E-state index contributed by atoms with van der Waals surface area (Å²) in [5.41, 5.74) is 1.13. The highest BCUT2D eigenvalue weighted by Gasteiger charge is 2.33. The number of nitrogens with one attached hydrogen (secondary N) is 2. The topological polar surface area (TPSA) is 64.7 Å². The van der Waals surface area contributed by atoms with E-state index in [-0.39, 0.29) is 11.9 Å². The van der Waals surface area contributed by atoms with E-state index in [1.165, 1.54) is 4.90 Å². The van der Waals surface area contributed by atoms with Crippen molar-refractivity contribution < 1.29 is 9.59 Å². The molecular weight excluding hydrogens is 328 g/mol. The highest BCUT2D eigenvalue weighted by molar-refractivity contribution is 6.30. The fourth-order valence-electron chi connectivity index (χ4n) is 2.89. The van der Waals surface area contributed by atoms with Crippen molar-refractivity contribution in [1.29, 1.82) is 0 Å². The van der Waals surface area contributed by atoms with Crippen LogP contribution in [0.1, 0.15) is 12.0 Å². The van der Waals surface area contributed by atoms with Crippen LogP contribution in [0.15, 0.2) is 30.0 Å². The highest BCUT2D eigenvalue weighted by Crippen LogP contribution is 2.16. The van der Waals surface area contributed by atoms with Gasteiger partial charge in [-0.3, -0.25) is 9.69 Å². The molecule has 2 heterocycles. The van der Waals surface area contributed by atoms with Crippen molar-refractivity contribution in [3.63, 3.8) is 0 Å². The maximum atomic E-state index is 12.4. The number of benzene rings is 1. The van der Waals surface area contributed by atoms with E-state index >= 15 is 0 Å². The summed E-state index contributed by atoms with van der Waals surface area (Å²) in [4.78, 5) is 28.1. The molecule has 1 aromatic rings. The second-order valence-corrected chi connectivity index (χ2v) is 6.38. The van der Waals surface area contributed by atoms with Crippen LogP contribution in [-0.4, -0.2) is 61.0 Å². The number of carbonyl (C=O) groups excluding carboxylic acids is 2. The molecule has 0 bridgehead atoms. The molecule has 2 fully saturated rings. The van der Waals surface area contributed by atoms with Gasteiger partial charge >= 0.3 is 6.03 Å². The van der Waals surface area contributed by atoms with E-state index in [2.05, 4.69) is 15.5 Å². The lowest BCUT2D eigenvalue weighted by Crippen LogP contribution is -2.44. The fourth-order valence-corrected chi connectivity index (χ4v) is 3.01. The molecule has 2 aliphatic rings. The number of urea groups is 1. The number of nitrogens with zero attached hydrogens (tertiary/aromatic N) is 2. The van der Waals surface area contributed by atoms with Crippen LogP contribution in [0.5, 0.6) is 0 Å². The van der Waals surface area contributed by atoms with Gasteiger partial charge in [-0.1, -0.05) is 23.7 Å². The van der Waals surface area contributed by atoms with E-state index in [0.29, 0.717) is 17.3 Å². The first-order valence-corrected chi connectivity index (χ1v) is 8.54. The molecule has 3 amide bonds. The lowest BCUT2D eigenvalue weighted by Gasteiger charge is -2.27. The Morgan fingerprint density at radius 3 is 2.50 bits per heavy atom. The van der Waals surface area contributed by atoms with Gasteiger partial charge in [-0.25, -0.2) is 4.79 Å². The summed E-state index contributed by atoms with van der Waals surface area (Å²) < 4.78 is 0. The number of piperazine rings is 1. The van der Waals surface area contributed by atoms with Crippen LogP contribution in [0, 0.1) is 0 Å². The van der Waals surface area contributed by atoms with E-state index in [9.17, 15) is 9.59 Å². The van der Waals surface area contributed by atoms with Gasteiger partial charge < -0.3 is 15.5 Å². The Labute approximate surface area is 146 Å². The quantitative estimate of drug-likeness (QED) is 0.625. The van der Waals surface area contributed by atoms with Crippen molar-refractivity contribution in [2.75, 3.05) is 39.3 Å². The lowest BCUT2D eigenvalue weighted by molar-refractivity contribution is -0.122. The maximum Gasteiger partial charge on any atom is 0.329 e. The molecular formula is C17H21ClN4O2. The Morgan fingerprint density at radius 1 is 1.08 bits per heavy atom. The third-order valence-electron chi connectivity index (χ3n) is 4.21. The molecule has 24 heavy (non-hydrogen) atoms. The zero-order chi connectivity index (χ0) is 16.9. The molecule has 2 saturated heterocycles. The van der Waals surface area contributed by atoms with Crippen LogP contribution >= 0.6 is 11.6 Å². The molecule has 0 radical (unpaired) electrons. The predicted octanol–water partition coefficient (Wildman–Crippen LogP) is 1.53.